The average Bonchev–Trinajstić information content (AvgIpc) is 1.84. The van der Waals surface area contributed by atoms with Gasteiger partial charge in [0.05, 0.1) is 0 Å². The molecule has 0 rings (SSSR count). The van der Waals surface area contributed by atoms with Crippen molar-refractivity contribution >= 4 is 11.1 Å². The van der Waals surface area contributed by atoms with Gasteiger partial charge in [-0.3, -0.25) is 0 Å². The van der Waals surface area contributed by atoms with E-state index >= 15 is 0 Å². The van der Waals surface area contributed by atoms with E-state index in [4.69, 9.17) is 10.3 Å². The Morgan fingerprint density at radius 2 is 2.00 bits per heavy atom. The summed E-state index contributed by atoms with van der Waals surface area (Å²) in [6, 6.07) is -1.89. The first-order chi connectivity index (χ1) is 5.34. The second-order valence-electron chi connectivity index (χ2n) is 2.32. The molecule has 0 radical (unpaired) electrons. The van der Waals surface area contributed by atoms with E-state index in [1.165, 1.54) is 0 Å². The van der Waals surface area contributed by atoms with Crippen molar-refractivity contribution < 1.29 is 21.9 Å². The maximum atomic E-state index is 11.7. The third-order valence-corrected chi connectivity index (χ3v) is 1.89. The summed E-state index contributed by atoms with van der Waals surface area (Å²) in [5, 5.41) is 0. The Kier molecular flexibility index (Phi) is 4.73. The SMILES string of the molecule is NC(CCCS(=O)O)C(F)(F)F. The highest BCUT2D eigenvalue weighted by Crippen LogP contribution is 2.21. The normalized spacial score (nSPS) is 17.4. The first-order valence-corrected chi connectivity index (χ1v) is 4.51. The highest BCUT2D eigenvalue weighted by atomic mass is 32.2. The van der Waals surface area contributed by atoms with Gasteiger partial charge >= 0.3 is 6.18 Å². The van der Waals surface area contributed by atoms with Gasteiger partial charge in [0.15, 0.2) is 11.1 Å². The minimum Gasteiger partial charge on any atom is -0.320 e. The van der Waals surface area contributed by atoms with Crippen molar-refractivity contribution in [3.05, 3.63) is 0 Å². The van der Waals surface area contributed by atoms with Gasteiger partial charge in [-0.05, 0) is 12.8 Å². The van der Waals surface area contributed by atoms with Crippen molar-refractivity contribution in [2.75, 3.05) is 5.75 Å². The molecule has 0 saturated heterocycles. The third kappa shape index (κ3) is 5.50. The Morgan fingerprint density at radius 1 is 1.50 bits per heavy atom. The zero-order valence-corrected chi connectivity index (χ0v) is 6.99. The first kappa shape index (κ1) is 11.9. The molecule has 0 aliphatic heterocycles. The number of hydrogen-bond acceptors (Lipinski definition) is 2. The van der Waals surface area contributed by atoms with Gasteiger partial charge in [-0.1, -0.05) is 0 Å². The molecular weight excluding hydrogens is 195 g/mol. The Bertz CT molecular complexity index is 161. The largest absolute Gasteiger partial charge is 0.403 e. The number of halogens is 3. The summed E-state index contributed by atoms with van der Waals surface area (Å²) in [5.74, 6) is -0.163. The van der Waals surface area contributed by atoms with Gasteiger partial charge in [-0.25, -0.2) is 4.21 Å². The first-order valence-electron chi connectivity index (χ1n) is 3.24. The molecule has 0 fully saturated rings. The van der Waals surface area contributed by atoms with Crippen molar-refractivity contribution in [2.24, 2.45) is 5.73 Å². The van der Waals surface area contributed by atoms with Crippen LogP contribution < -0.4 is 5.73 Å². The lowest BCUT2D eigenvalue weighted by atomic mass is 10.2. The van der Waals surface area contributed by atoms with Gasteiger partial charge in [0.2, 0.25) is 0 Å². The average molecular weight is 205 g/mol. The molecular formula is C5H10F3NO2S. The number of nitrogens with two attached hydrogens (primary N) is 1. The van der Waals surface area contributed by atoms with E-state index in [1.54, 1.807) is 0 Å². The molecule has 0 aromatic rings. The van der Waals surface area contributed by atoms with E-state index in [1.807, 2.05) is 0 Å². The molecule has 0 bridgehead atoms. The van der Waals surface area contributed by atoms with Crippen molar-refractivity contribution in [2.45, 2.75) is 25.1 Å². The zero-order chi connectivity index (χ0) is 9.78. The summed E-state index contributed by atoms with van der Waals surface area (Å²) in [4.78, 5) is 0. The fraction of sp³-hybridized carbons (Fsp3) is 1.00. The molecule has 0 amide bonds. The van der Waals surface area contributed by atoms with Crippen molar-refractivity contribution in [1.82, 2.24) is 0 Å². The molecule has 3 N–H and O–H groups in total. The molecule has 12 heavy (non-hydrogen) atoms. The highest BCUT2D eigenvalue weighted by Gasteiger charge is 2.35. The molecule has 0 aromatic carbocycles. The molecule has 7 heteroatoms. The van der Waals surface area contributed by atoms with Gasteiger partial charge in [-0.2, -0.15) is 13.2 Å². The predicted octanol–water partition coefficient (Wildman–Crippen LogP) is 0.878. The second kappa shape index (κ2) is 4.78. The van der Waals surface area contributed by atoms with Crippen molar-refractivity contribution in [1.29, 1.82) is 0 Å². The van der Waals surface area contributed by atoms with Crippen LogP contribution in [0.15, 0.2) is 0 Å². The molecule has 2 atom stereocenters. The van der Waals surface area contributed by atoms with E-state index in [9.17, 15) is 17.4 Å². The van der Waals surface area contributed by atoms with Crippen LogP contribution >= 0.6 is 0 Å². The number of rotatable bonds is 4. The Morgan fingerprint density at radius 3 is 2.33 bits per heavy atom. The van der Waals surface area contributed by atoms with Gasteiger partial charge < -0.3 is 10.3 Å². The summed E-state index contributed by atoms with van der Waals surface area (Å²) < 4.78 is 53.4. The van der Waals surface area contributed by atoms with Crippen LogP contribution in [0.5, 0.6) is 0 Å². The van der Waals surface area contributed by atoms with Crippen LogP contribution in [0.4, 0.5) is 13.2 Å². The monoisotopic (exact) mass is 205 g/mol. The van der Waals surface area contributed by atoms with Crippen LogP contribution in [0, 0.1) is 0 Å². The molecule has 0 aromatic heterocycles. The van der Waals surface area contributed by atoms with E-state index in [0.717, 1.165) is 0 Å². The lowest BCUT2D eigenvalue weighted by molar-refractivity contribution is -0.148. The Labute approximate surface area is 70.4 Å². The topological polar surface area (TPSA) is 63.3 Å². The number of alkyl halides is 3. The fourth-order valence-corrected chi connectivity index (χ4v) is 1.00. The zero-order valence-electron chi connectivity index (χ0n) is 6.17. The lowest BCUT2D eigenvalue weighted by Crippen LogP contribution is -2.37. The fourth-order valence-electron chi connectivity index (χ4n) is 0.590. The lowest BCUT2D eigenvalue weighted by Gasteiger charge is -2.14. The molecule has 0 heterocycles. The predicted molar refractivity (Wildman–Crippen MR) is 38.9 cm³/mol. The van der Waals surface area contributed by atoms with E-state index in [2.05, 4.69) is 0 Å². The summed E-state index contributed by atoms with van der Waals surface area (Å²) in [6.07, 6.45) is -4.71. The third-order valence-electron chi connectivity index (χ3n) is 1.25. The molecule has 3 nitrogen and oxygen atoms in total. The minimum atomic E-state index is -4.41. The van der Waals surface area contributed by atoms with Gasteiger partial charge in [0, 0.05) is 5.75 Å². The van der Waals surface area contributed by atoms with Crippen LogP contribution in [-0.2, 0) is 11.1 Å². The molecule has 2 unspecified atom stereocenters. The van der Waals surface area contributed by atoms with Gasteiger partial charge in [0.1, 0.15) is 6.04 Å². The maximum Gasteiger partial charge on any atom is 0.403 e. The highest BCUT2D eigenvalue weighted by molar-refractivity contribution is 7.79. The van der Waals surface area contributed by atoms with Crippen LogP contribution in [0.3, 0.4) is 0 Å². The molecule has 0 aliphatic carbocycles. The Hall–Kier alpha value is -0.140. The molecule has 74 valence electrons. The maximum absolute atomic E-state index is 11.7. The number of hydrogen-bond donors (Lipinski definition) is 2. The van der Waals surface area contributed by atoms with Crippen LogP contribution in [0.25, 0.3) is 0 Å². The van der Waals surface area contributed by atoms with E-state index in [-0.39, 0.29) is 18.6 Å². The van der Waals surface area contributed by atoms with Gasteiger partial charge in [0.25, 0.3) is 0 Å². The van der Waals surface area contributed by atoms with Crippen LogP contribution in [0.1, 0.15) is 12.8 Å². The molecule has 0 spiro atoms. The summed E-state index contributed by atoms with van der Waals surface area (Å²) in [5.41, 5.74) is 4.73. The standard InChI is InChI=1S/C5H10F3NO2S/c6-5(7,8)4(9)2-1-3-12(10)11/h4H,1-3,9H2,(H,10,11). The smallest absolute Gasteiger partial charge is 0.320 e. The van der Waals surface area contributed by atoms with Crippen molar-refractivity contribution in [3.8, 4) is 0 Å². The van der Waals surface area contributed by atoms with Crippen molar-refractivity contribution in [3.63, 3.8) is 0 Å². The minimum absolute atomic E-state index is 0.00376. The van der Waals surface area contributed by atoms with Crippen LogP contribution in [-0.4, -0.2) is 26.7 Å². The second-order valence-corrected chi connectivity index (χ2v) is 3.37. The molecule has 0 saturated carbocycles. The summed E-state index contributed by atoms with van der Waals surface area (Å²) in [6.45, 7) is 0. The van der Waals surface area contributed by atoms with E-state index < -0.39 is 23.3 Å². The van der Waals surface area contributed by atoms with Gasteiger partial charge in [-0.15, -0.1) is 0 Å². The summed E-state index contributed by atoms with van der Waals surface area (Å²) in [7, 11) is 0. The Balaban J connectivity index is 3.58. The molecule has 0 aliphatic rings. The summed E-state index contributed by atoms with van der Waals surface area (Å²) >= 11 is -2.03. The quantitative estimate of drug-likeness (QED) is 0.669. The van der Waals surface area contributed by atoms with Crippen LogP contribution in [0.2, 0.25) is 0 Å². The van der Waals surface area contributed by atoms with E-state index in [0.29, 0.717) is 0 Å².